The molecule has 0 fully saturated rings. The van der Waals surface area contributed by atoms with E-state index >= 15 is 0 Å². The van der Waals surface area contributed by atoms with Gasteiger partial charge in [0.25, 0.3) is 0 Å². The van der Waals surface area contributed by atoms with Crippen LogP contribution in [0.3, 0.4) is 0 Å². The summed E-state index contributed by atoms with van der Waals surface area (Å²) in [7, 11) is 1.55. The molecule has 3 atom stereocenters. The minimum absolute atomic E-state index is 0.0541. The van der Waals surface area contributed by atoms with Crippen LogP contribution < -0.4 is 5.32 Å². The molecule has 0 saturated carbocycles. The zero-order chi connectivity index (χ0) is 53.5. The summed E-state index contributed by atoms with van der Waals surface area (Å²) in [5.41, 5.74) is 0. The maximum absolute atomic E-state index is 12.9. The molecule has 3 unspecified atom stereocenters. The number of allylic oxidation sites excluding steroid dienone is 7. The molecule has 0 heterocycles. The topological polar surface area (TPSA) is 105 Å². The maximum Gasteiger partial charge on any atom is 0.472 e. The second-order valence-electron chi connectivity index (χ2n) is 22.8. The molecule has 0 rings (SSSR count). The van der Waals surface area contributed by atoms with E-state index in [4.69, 9.17) is 9.05 Å². The van der Waals surface area contributed by atoms with Gasteiger partial charge in [-0.15, -0.1) is 0 Å². The number of nitrogens with one attached hydrogen (secondary N) is 1. The first-order valence-corrected chi connectivity index (χ1v) is 33.0. The van der Waals surface area contributed by atoms with E-state index < -0.39 is 20.0 Å². The molecule has 0 aliphatic rings. The van der Waals surface area contributed by atoms with Crippen molar-refractivity contribution in [2.75, 3.05) is 40.9 Å². The number of phosphoric acid groups is 1. The number of unbranched alkanes of at least 4 members (excludes halogenated alkanes) is 39. The standard InChI is InChI=1S/C64H123N2O6P/c1-6-8-10-12-14-16-18-20-21-22-23-24-25-26-27-28-29-30-31-32-33-34-35-36-37-38-39-40-41-42-43-44-45-46-48-50-52-54-56-58-64(68)65-62(61-72-73(69,70)71-60-59-66(3,4)5)63(67)57-55-53-51-49-47-19-17-15-13-11-9-7-2/h13,15,22-23,47,49,55,57,62-63,67H,6-12,14,16-21,24-46,48,50-54,56,58-61H2,1-5H3,(H-,65,68,69,70)/p+1/b15-13+,23-22-,49-47+,57-55+. The lowest BCUT2D eigenvalue weighted by atomic mass is 10.0. The number of aliphatic hydroxyl groups excluding tert-OH is 1. The van der Waals surface area contributed by atoms with E-state index in [1.807, 2.05) is 27.2 Å². The monoisotopic (exact) mass is 1050 g/mol. The zero-order valence-electron chi connectivity index (χ0n) is 49.1. The molecule has 0 saturated heterocycles. The van der Waals surface area contributed by atoms with Crippen LogP contribution in [0, 0.1) is 0 Å². The first-order chi connectivity index (χ1) is 35.5. The van der Waals surface area contributed by atoms with Crippen molar-refractivity contribution >= 4 is 13.7 Å². The molecule has 1 amide bonds. The molecule has 0 radical (unpaired) electrons. The number of hydrogen-bond acceptors (Lipinski definition) is 5. The molecule has 430 valence electrons. The fourth-order valence-electron chi connectivity index (χ4n) is 9.29. The van der Waals surface area contributed by atoms with Gasteiger partial charge in [0, 0.05) is 6.42 Å². The first-order valence-electron chi connectivity index (χ1n) is 31.5. The molecular formula is C64H124N2O6P+. The van der Waals surface area contributed by atoms with Gasteiger partial charge in [0.1, 0.15) is 13.2 Å². The number of quaternary nitrogens is 1. The largest absolute Gasteiger partial charge is 0.472 e. The van der Waals surface area contributed by atoms with Crippen molar-refractivity contribution < 1.29 is 32.9 Å². The molecule has 0 bridgehead atoms. The molecule has 3 N–H and O–H groups in total. The summed E-state index contributed by atoms with van der Waals surface area (Å²) in [5.74, 6) is -0.188. The summed E-state index contributed by atoms with van der Waals surface area (Å²) in [4.78, 5) is 23.2. The van der Waals surface area contributed by atoms with Crippen molar-refractivity contribution in [1.82, 2.24) is 5.32 Å². The highest BCUT2D eigenvalue weighted by atomic mass is 31.2. The van der Waals surface area contributed by atoms with Gasteiger partial charge < -0.3 is 19.8 Å². The maximum atomic E-state index is 12.9. The predicted molar refractivity (Wildman–Crippen MR) is 318 cm³/mol. The minimum Gasteiger partial charge on any atom is -0.387 e. The van der Waals surface area contributed by atoms with Crippen LogP contribution in [0.25, 0.3) is 0 Å². The Morgan fingerprint density at radius 2 is 0.767 bits per heavy atom. The van der Waals surface area contributed by atoms with Crippen molar-refractivity contribution in [3.63, 3.8) is 0 Å². The third-order valence-corrected chi connectivity index (χ3v) is 15.2. The van der Waals surface area contributed by atoms with Crippen LogP contribution in [0.5, 0.6) is 0 Å². The summed E-state index contributed by atoms with van der Waals surface area (Å²) in [5, 5.41) is 13.8. The average molecular weight is 1050 g/mol. The quantitative estimate of drug-likeness (QED) is 0.0243. The average Bonchev–Trinajstić information content (AvgIpc) is 3.35. The Morgan fingerprint density at radius 3 is 1.14 bits per heavy atom. The summed E-state index contributed by atoms with van der Waals surface area (Å²) in [6.45, 7) is 4.76. The Labute approximate surface area is 454 Å². The Kier molecular flexibility index (Phi) is 54.1. The third-order valence-electron chi connectivity index (χ3n) is 14.2. The number of likely N-dealkylation sites (N-methyl/N-ethyl adjacent to an activating group) is 1. The van der Waals surface area contributed by atoms with Crippen molar-refractivity contribution in [3.8, 4) is 0 Å². The Balaban J connectivity index is 3.85. The Hall–Kier alpha value is -1.54. The Bertz CT molecular complexity index is 1330. The molecule has 0 aliphatic carbocycles. The Morgan fingerprint density at radius 1 is 0.452 bits per heavy atom. The van der Waals surface area contributed by atoms with Gasteiger partial charge in [-0.05, 0) is 64.2 Å². The van der Waals surface area contributed by atoms with E-state index in [0.717, 1.165) is 51.4 Å². The number of carbonyl (C=O) groups excluding carboxylic acids is 1. The molecular weight excluding hydrogens is 924 g/mol. The van der Waals surface area contributed by atoms with E-state index in [0.29, 0.717) is 17.4 Å². The van der Waals surface area contributed by atoms with Crippen LogP contribution in [0.2, 0.25) is 0 Å². The highest BCUT2D eigenvalue weighted by Crippen LogP contribution is 2.43. The number of hydrogen-bond donors (Lipinski definition) is 3. The zero-order valence-corrected chi connectivity index (χ0v) is 50.0. The lowest BCUT2D eigenvalue weighted by Gasteiger charge is -2.25. The van der Waals surface area contributed by atoms with Gasteiger partial charge in [-0.1, -0.05) is 281 Å². The van der Waals surface area contributed by atoms with Crippen LogP contribution in [-0.4, -0.2) is 73.4 Å². The van der Waals surface area contributed by atoms with E-state index in [-0.39, 0.29) is 19.1 Å². The van der Waals surface area contributed by atoms with Crippen LogP contribution in [-0.2, 0) is 18.4 Å². The summed E-state index contributed by atoms with van der Waals surface area (Å²) in [6, 6.07) is -0.868. The van der Waals surface area contributed by atoms with Gasteiger partial charge in [0.2, 0.25) is 5.91 Å². The van der Waals surface area contributed by atoms with E-state index in [9.17, 15) is 19.4 Å². The highest BCUT2D eigenvalue weighted by molar-refractivity contribution is 7.47. The second-order valence-corrected chi connectivity index (χ2v) is 24.2. The van der Waals surface area contributed by atoms with Crippen LogP contribution >= 0.6 is 7.82 Å². The fourth-order valence-corrected chi connectivity index (χ4v) is 10.0. The van der Waals surface area contributed by atoms with Crippen molar-refractivity contribution in [2.45, 2.75) is 315 Å². The minimum atomic E-state index is -4.35. The van der Waals surface area contributed by atoms with Crippen LogP contribution in [0.15, 0.2) is 48.6 Å². The number of carbonyl (C=O) groups is 1. The fraction of sp³-hybridized carbons (Fsp3) is 0.859. The van der Waals surface area contributed by atoms with Crippen LogP contribution in [0.1, 0.15) is 303 Å². The predicted octanol–water partition coefficient (Wildman–Crippen LogP) is 19.5. The van der Waals surface area contributed by atoms with Gasteiger partial charge in [-0.3, -0.25) is 13.8 Å². The second kappa shape index (κ2) is 55.2. The summed E-state index contributed by atoms with van der Waals surface area (Å²) in [6.07, 6.45) is 74.2. The molecule has 0 aliphatic heterocycles. The van der Waals surface area contributed by atoms with E-state index in [1.165, 1.54) is 231 Å². The lowest BCUT2D eigenvalue weighted by Crippen LogP contribution is -2.45. The van der Waals surface area contributed by atoms with Crippen molar-refractivity contribution in [2.24, 2.45) is 0 Å². The van der Waals surface area contributed by atoms with E-state index in [1.54, 1.807) is 6.08 Å². The first kappa shape index (κ1) is 71.5. The molecule has 9 heteroatoms. The normalized spacial score (nSPS) is 14.1. The van der Waals surface area contributed by atoms with E-state index in [2.05, 4.69) is 55.6 Å². The van der Waals surface area contributed by atoms with Crippen molar-refractivity contribution in [3.05, 3.63) is 48.6 Å². The van der Waals surface area contributed by atoms with Crippen molar-refractivity contribution in [1.29, 1.82) is 0 Å². The van der Waals surface area contributed by atoms with Crippen LogP contribution in [0.4, 0.5) is 0 Å². The summed E-state index contributed by atoms with van der Waals surface area (Å²) >= 11 is 0. The lowest BCUT2D eigenvalue weighted by molar-refractivity contribution is -0.870. The number of aliphatic hydroxyl groups is 1. The molecule has 0 aromatic rings. The summed E-state index contributed by atoms with van der Waals surface area (Å²) < 4.78 is 23.6. The van der Waals surface area contributed by atoms with Gasteiger partial charge in [-0.2, -0.15) is 0 Å². The van der Waals surface area contributed by atoms with Gasteiger partial charge in [0.15, 0.2) is 0 Å². The molecule has 0 spiro atoms. The molecule has 0 aromatic heterocycles. The number of rotatable bonds is 58. The molecule has 8 nitrogen and oxygen atoms in total. The highest BCUT2D eigenvalue weighted by Gasteiger charge is 2.27. The molecule has 73 heavy (non-hydrogen) atoms. The van der Waals surface area contributed by atoms with Gasteiger partial charge >= 0.3 is 7.82 Å². The van der Waals surface area contributed by atoms with Gasteiger partial charge in [0.05, 0.1) is 39.9 Å². The third kappa shape index (κ3) is 58.0. The number of phosphoric ester groups is 1. The molecule has 0 aromatic carbocycles. The number of amides is 1. The number of nitrogens with zero attached hydrogens (tertiary/aromatic N) is 1. The van der Waals surface area contributed by atoms with Gasteiger partial charge in [-0.25, -0.2) is 4.57 Å². The smallest absolute Gasteiger partial charge is 0.387 e. The SMILES string of the molecule is CCCC/C=C/CC/C=C/CC/C=C/C(O)C(COP(=O)(O)OCC[N+](C)(C)C)NC(=O)CCCCCCCCCCCCCCCCCCCCCCCCCCCCC/C=C\CCCCCCCCCC.